The predicted molar refractivity (Wildman–Crippen MR) is 121 cm³/mol. The van der Waals surface area contributed by atoms with E-state index in [1.807, 2.05) is 11.4 Å². The van der Waals surface area contributed by atoms with Crippen LogP contribution in [0.25, 0.3) is 11.1 Å². The first-order chi connectivity index (χ1) is 14.5. The molecule has 1 aromatic carbocycles. The molecule has 0 aliphatic carbocycles. The van der Waals surface area contributed by atoms with E-state index >= 15 is 0 Å². The van der Waals surface area contributed by atoms with Gasteiger partial charge in [0.2, 0.25) is 0 Å². The number of nitrogens with one attached hydrogen (secondary N) is 2. The van der Waals surface area contributed by atoms with Crippen LogP contribution in [0.3, 0.4) is 0 Å². The molecule has 0 saturated heterocycles. The Balaban J connectivity index is 2.00. The molecule has 10 heteroatoms. The van der Waals surface area contributed by atoms with Crippen molar-refractivity contribution in [2.24, 2.45) is 0 Å². The third kappa shape index (κ3) is 7.96. The van der Waals surface area contributed by atoms with E-state index in [1.165, 1.54) is 11.3 Å². The van der Waals surface area contributed by atoms with Crippen molar-refractivity contribution >= 4 is 46.5 Å². The van der Waals surface area contributed by atoms with Crippen LogP contribution >= 0.6 is 34.5 Å². The van der Waals surface area contributed by atoms with Gasteiger partial charge in [-0.25, -0.2) is 9.18 Å². The van der Waals surface area contributed by atoms with Crippen LogP contribution in [0.4, 0.5) is 9.18 Å². The Labute approximate surface area is 194 Å². The molecule has 2 amide bonds. The fourth-order valence-corrected chi connectivity index (χ4v) is 3.61. The number of aliphatic hydroxyl groups is 1. The largest absolute Gasteiger partial charge is 0.444 e. The summed E-state index contributed by atoms with van der Waals surface area (Å²) in [7, 11) is 0. The first-order valence-electron chi connectivity index (χ1n) is 9.47. The molecule has 6 nitrogen and oxygen atoms in total. The summed E-state index contributed by atoms with van der Waals surface area (Å²) in [5, 5.41) is 17.3. The van der Waals surface area contributed by atoms with E-state index in [0.29, 0.717) is 12.1 Å². The SMILES string of the molecule is CC(C)(C)OC(=O)NCc1cc(-c2ccc([C@@H](O)[C@@H](CF)NC(=O)C(Cl)Cl)cc2)cs1. The first kappa shape index (κ1) is 25.4. The van der Waals surface area contributed by atoms with Crippen LogP contribution in [0.15, 0.2) is 35.7 Å². The Hall–Kier alpha value is -1.87. The monoisotopic (exact) mass is 490 g/mol. The quantitative estimate of drug-likeness (QED) is 0.466. The van der Waals surface area contributed by atoms with Crippen molar-refractivity contribution in [2.45, 2.75) is 49.9 Å². The molecule has 170 valence electrons. The summed E-state index contributed by atoms with van der Waals surface area (Å²) < 4.78 is 18.5. The maximum absolute atomic E-state index is 13.3. The number of carbonyl (C=O) groups is 2. The van der Waals surface area contributed by atoms with E-state index in [1.54, 1.807) is 45.0 Å². The van der Waals surface area contributed by atoms with Crippen molar-refractivity contribution in [3.63, 3.8) is 0 Å². The van der Waals surface area contributed by atoms with Crippen LogP contribution in [0.2, 0.25) is 0 Å². The molecule has 3 N–H and O–H groups in total. The van der Waals surface area contributed by atoms with E-state index < -0.39 is 41.3 Å². The summed E-state index contributed by atoms with van der Waals surface area (Å²) in [5.41, 5.74) is 1.71. The van der Waals surface area contributed by atoms with E-state index in [2.05, 4.69) is 10.6 Å². The van der Waals surface area contributed by atoms with E-state index in [4.69, 9.17) is 27.9 Å². The number of aliphatic hydroxyl groups excluding tert-OH is 1. The number of hydrogen-bond donors (Lipinski definition) is 3. The number of benzene rings is 1. The highest BCUT2D eigenvalue weighted by atomic mass is 35.5. The average molecular weight is 491 g/mol. The number of ether oxygens (including phenoxy) is 1. The van der Waals surface area contributed by atoms with Gasteiger partial charge in [-0.1, -0.05) is 47.5 Å². The zero-order valence-corrected chi connectivity index (χ0v) is 19.7. The van der Waals surface area contributed by atoms with Crippen molar-refractivity contribution in [1.82, 2.24) is 10.6 Å². The van der Waals surface area contributed by atoms with Gasteiger partial charge < -0.3 is 20.5 Å². The Morgan fingerprint density at radius 3 is 2.39 bits per heavy atom. The highest BCUT2D eigenvalue weighted by Gasteiger charge is 2.25. The second-order valence-corrected chi connectivity index (χ2v) is 9.89. The van der Waals surface area contributed by atoms with Gasteiger partial charge in [0.25, 0.3) is 5.91 Å². The molecule has 0 spiro atoms. The summed E-state index contributed by atoms with van der Waals surface area (Å²) in [5.74, 6) is -0.771. The maximum Gasteiger partial charge on any atom is 0.407 e. The van der Waals surface area contributed by atoms with Crippen LogP contribution in [-0.2, 0) is 16.1 Å². The number of halogens is 3. The number of hydrogen-bond acceptors (Lipinski definition) is 5. The molecule has 2 atom stereocenters. The van der Waals surface area contributed by atoms with Gasteiger partial charge in [-0.2, -0.15) is 0 Å². The van der Waals surface area contributed by atoms with Crippen molar-refractivity contribution < 1.29 is 23.8 Å². The number of rotatable bonds is 8. The molecule has 1 aromatic heterocycles. The standard InChI is InChI=1S/C21H25Cl2FN2O4S/c1-21(2,3)30-20(29)25-10-15-8-14(11-31-15)12-4-6-13(7-5-12)17(27)16(9-24)26-19(28)18(22)23/h4-8,11,16-18,27H,9-10H2,1-3H3,(H,25,29)(H,26,28)/t16-,17-/m1/s1. The number of carbonyl (C=O) groups excluding carboxylic acids is 2. The normalized spacial score (nSPS) is 13.5. The Morgan fingerprint density at radius 1 is 1.19 bits per heavy atom. The molecule has 0 aliphatic rings. The lowest BCUT2D eigenvalue weighted by Crippen LogP contribution is -2.43. The van der Waals surface area contributed by atoms with Crippen LogP contribution in [0.1, 0.15) is 37.3 Å². The fourth-order valence-electron chi connectivity index (χ4n) is 2.65. The number of amides is 2. The van der Waals surface area contributed by atoms with Crippen LogP contribution in [0, 0.1) is 0 Å². The van der Waals surface area contributed by atoms with Gasteiger partial charge >= 0.3 is 6.09 Å². The lowest BCUT2D eigenvalue weighted by Gasteiger charge is -2.22. The van der Waals surface area contributed by atoms with Crippen LogP contribution in [-0.4, -0.2) is 40.3 Å². The predicted octanol–water partition coefficient (Wildman–Crippen LogP) is 4.73. The second-order valence-electron chi connectivity index (χ2n) is 7.79. The minimum Gasteiger partial charge on any atom is -0.444 e. The van der Waals surface area contributed by atoms with Crippen molar-refractivity contribution in [3.8, 4) is 11.1 Å². The van der Waals surface area contributed by atoms with Gasteiger partial charge in [-0.3, -0.25) is 4.79 Å². The van der Waals surface area contributed by atoms with Crippen molar-refractivity contribution in [3.05, 3.63) is 46.2 Å². The maximum atomic E-state index is 13.3. The lowest BCUT2D eigenvalue weighted by atomic mass is 10.00. The summed E-state index contributed by atoms with van der Waals surface area (Å²) >= 11 is 12.4. The molecule has 0 radical (unpaired) electrons. The second kappa shape index (κ2) is 11.1. The summed E-state index contributed by atoms with van der Waals surface area (Å²) in [6.07, 6.45) is -1.74. The van der Waals surface area contributed by atoms with Crippen LogP contribution < -0.4 is 10.6 Å². The smallest absolute Gasteiger partial charge is 0.407 e. The van der Waals surface area contributed by atoms with Gasteiger partial charge in [0.1, 0.15) is 18.4 Å². The molecule has 0 fully saturated rings. The summed E-state index contributed by atoms with van der Waals surface area (Å²) in [6.45, 7) is 4.76. The molecule has 0 unspecified atom stereocenters. The molecule has 0 aliphatic heterocycles. The van der Waals surface area contributed by atoms with Crippen molar-refractivity contribution in [1.29, 1.82) is 0 Å². The van der Waals surface area contributed by atoms with Gasteiger partial charge in [0.15, 0.2) is 4.84 Å². The first-order valence-corrected chi connectivity index (χ1v) is 11.2. The van der Waals surface area contributed by atoms with E-state index in [-0.39, 0.29) is 0 Å². The zero-order chi connectivity index (χ0) is 23.2. The molecule has 2 rings (SSSR count). The van der Waals surface area contributed by atoms with Gasteiger partial charge in [0, 0.05) is 4.88 Å². The van der Waals surface area contributed by atoms with Gasteiger partial charge in [-0.15, -0.1) is 11.3 Å². The molecule has 2 aromatic rings. The highest BCUT2D eigenvalue weighted by Crippen LogP contribution is 2.28. The van der Waals surface area contributed by atoms with Crippen LogP contribution in [0.5, 0.6) is 0 Å². The third-order valence-corrected chi connectivity index (χ3v) is 5.45. The van der Waals surface area contributed by atoms with Gasteiger partial charge in [-0.05, 0) is 48.9 Å². The third-order valence-electron chi connectivity index (χ3n) is 4.12. The molecular formula is C21H25Cl2FN2O4S. The van der Waals surface area contributed by atoms with E-state index in [9.17, 15) is 19.1 Å². The number of thiophene rings is 1. The molecule has 1 heterocycles. The minimum atomic E-state index is -1.35. The minimum absolute atomic E-state index is 0.344. The average Bonchev–Trinajstić information content (AvgIpc) is 3.17. The lowest BCUT2D eigenvalue weighted by molar-refractivity contribution is -0.121. The summed E-state index contributed by atoms with van der Waals surface area (Å²) in [6, 6.07) is 7.67. The topological polar surface area (TPSA) is 87.7 Å². The van der Waals surface area contributed by atoms with E-state index in [0.717, 1.165) is 16.0 Å². The van der Waals surface area contributed by atoms with Crippen molar-refractivity contribution in [2.75, 3.05) is 6.67 Å². The highest BCUT2D eigenvalue weighted by molar-refractivity contribution is 7.10. The summed E-state index contributed by atoms with van der Waals surface area (Å²) in [4.78, 5) is 22.9. The zero-order valence-electron chi connectivity index (χ0n) is 17.3. The number of alkyl halides is 3. The Bertz CT molecular complexity index is 884. The molecule has 31 heavy (non-hydrogen) atoms. The molecular weight excluding hydrogens is 466 g/mol. The Morgan fingerprint density at radius 2 is 1.84 bits per heavy atom. The number of alkyl carbamates (subject to hydrolysis) is 1. The van der Waals surface area contributed by atoms with Gasteiger partial charge in [0.05, 0.1) is 12.6 Å². The fraction of sp³-hybridized carbons (Fsp3) is 0.429. The molecule has 0 saturated carbocycles. The Kier molecular flexibility index (Phi) is 9.12. The molecule has 0 bridgehead atoms.